The van der Waals surface area contributed by atoms with Gasteiger partial charge in [0.1, 0.15) is 5.82 Å². The Bertz CT molecular complexity index is 416. The molecule has 20 heavy (non-hydrogen) atoms. The van der Waals surface area contributed by atoms with Crippen LogP contribution >= 0.6 is 0 Å². The van der Waals surface area contributed by atoms with Crippen LogP contribution in [0.4, 0.5) is 4.39 Å². The van der Waals surface area contributed by atoms with Crippen molar-refractivity contribution in [3.05, 3.63) is 35.6 Å². The fraction of sp³-hybridized carbons (Fsp3) is 0.667. The third kappa shape index (κ3) is 4.31. The fourth-order valence-electron chi connectivity index (χ4n) is 3.39. The molecule has 1 N–H and O–H groups in total. The second kappa shape index (κ2) is 7.21. The van der Waals surface area contributed by atoms with Gasteiger partial charge in [-0.3, -0.25) is 0 Å². The van der Waals surface area contributed by atoms with Crippen LogP contribution in [0.25, 0.3) is 0 Å². The quantitative estimate of drug-likeness (QED) is 0.757. The molecule has 0 aliphatic heterocycles. The van der Waals surface area contributed by atoms with Gasteiger partial charge in [0.05, 0.1) is 0 Å². The van der Waals surface area contributed by atoms with Gasteiger partial charge in [-0.15, -0.1) is 0 Å². The predicted molar refractivity (Wildman–Crippen MR) is 83.2 cm³/mol. The van der Waals surface area contributed by atoms with E-state index in [-0.39, 0.29) is 11.9 Å². The van der Waals surface area contributed by atoms with E-state index in [1.54, 1.807) is 12.1 Å². The molecule has 1 aliphatic carbocycles. The first kappa shape index (κ1) is 15.5. The molecule has 0 radical (unpaired) electrons. The van der Waals surface area contributed by atoms with Crippen LogP contribution in [0.3, 0.4) is 0 Å². The highest BCUT2D eigenvalue weighted by Gasteiger charge is 2.22. The second-order valence-electron chi connectivity index (χ2n) is 6.65. The fourth-order valence-corrected chi connectivity index (χ4v) is 3.39. The molecular formula is C18H28FN. The van der Waals surface area contributed by atoms with E-state index in [9.17, 15) is 4.39 Å². The number of halogens is 1. The van der Waals surface area contributed by atoms with Crippen molar-refractivity contribution in [1.82, 2.24) is 5.32 Å². The first-order valence-electron chi connectivity index (χ1n) is 8.07. The van der Waals surface area contributed by atoms with Crippen LogP contribution in [0.15, 0.2) is 24.3 Å². The molecular weight excluding hydrogens is 249 g/mol. The van der Waals surface area contributed by atoms with Crippen molar-refractivity contribution in [3.8, 4) is 0 Å². The largest absolute Gasteiger partial charge is 0.307 e. The van der Waals surface area contributed by atoms with Crippen LogP contribution < -0.4 is 5.32 Å². The van der Waals surface area contributed by atoms with Gasteiger partial charge in [0.2, 0.25) is 0 Å². The van der Waals surface area contributed by atoms with Crippen LogP contribution in [0.5, 0.6) is 0 Å². The van der Waals surface area contributed by atoms with Crippen molar-refractivity contribution < 1.29 is 4.39 Å². The molecule has 2 heteroatoms. The molecule has 1 aromatic rings. The van der Waals surface area contributed by atoms with Gasteiger partial charge >= 0.3 is 0 Å². The van der Waals surface area contributed by atoms with Crippen LogP contribution in [0, 0.1) is 17.7 Å². The molecule has 0 spiro atoms. The minimum Gasteiger partial charge on any atom is -0.307 e. The lowest BCUT2D eigenvalue weighted by molar-refractivity contribution is 0.335. The van der Waals surface area contributed by atoms with Gasteiger partial charge in [-0.2, -0.15) is 0 Å². The Morgan fingerprint density at radius 1 is 1.10 bits per heavy atom. The molecule has 1 saturated carbocycles. The van der Waals surface area contributed by atoms with Crippen LogP contribution in [-0.2, 0) is 0 Å². The van der Waals surface area contributed by atoms with E-state index in [4.69, 9.17) is 0 Å². The maximum Gasteiger partial charge on any atom is 0.123 e. The highest BCUT2D eigenvalue weighted by molar-refractivity contribution is 5.19. The third-order valence-electron chi connectivity index (χ3n) is 4.79. The smallest absolute Gasteiger partial charge is 0.123 e. The number of nitrogens with one attached hydrogen (secondary N) is 1. The van der Waals surface area contributed by atoms with Crippen molar-refractivity contribution in [2.45, 2.75) is 65.0 Å². The minimum absolute atomic E-state index is 0.142. The summed E-state index contributed by atoms with van der Waals surface area (Å²) in [5, 5.41) is 3.70. The number of hydrogen-bond acceptors (Lipinski definition) is 1. The molecule has 1 nitrogen and oxygen atoms in total. The number of hydrogen-bond donors (Lipinski definition) is 1. The molecule has 0 aromatic heterocycles. The zero-order chi connectivity index (χ0) is 14.5. The summed E-state index contributed by atoms with van der Waals surface area (Å²) in [6.07, 6.45) is 6.51. The maximum atomic E-state index is 13.3. The van der Waals surface area contributed by atoms with Crippen molar-refractivity contribution in [3.63, 3.8) is 0 Å². The standard InChI is InChI=1S/C18H28FN/c1-13(2)15-6-5-9-18(11-10-15)20-14(3)16-7-4-8-17(19)12-16/h4,7-8,12-15,18,20H,5-6,9-11H2,1-3H3/t14-,15?,18?/m0/s1. The SMILES string of the molecule is CC(C)C1CCCC(N[C@@H](C)c2cccc(F)c2)CC1. The van der Waals surface area contributed by atoms with E-state index in [0.717, 1.165) is 17.4 Å². The molecule has 2 rings (SSSR count). The van der Waals surface area contributed by atoms with E-state index in [1.807, 2.05) is 6.07 Å². The average Bonchev–Trinajstić information content (AvgIpc) is 2.64. The summed E-state index contributed by atoms with van der Waals surface area (Å²) in [6, 6.07) is 7.77. The summed E-state index contributed by atoms with van der Waals surface area (Å²) in [7, 11) is 0. The zero-order valence-electron chi connectivity index (χ0n) is 13.0. The first-order valence-corrected chi connectivity index (χ1v) is 8.07. The molecule has 0 heterocycles. The highest BCUT2D eigenvalue weighted by atomic mass is 19.1. The molecule has 0 bridgehead atoms. The molecule has 1 fully saturated rings. The second-order valence-corrected chi connectivity index (χ2v) is 6.65. The van der Waals surface area contributed by atoms with Crippen LogP contribution in [0.2, 0.25) is 0 Å². The summed E-state index contributed by atoms with van der Waals surface area (Å²) in [6.45, 7) is 6.82. The molecule has 0 saturated heterocycles. The van der Waals surface area contributed by atoms with Crippen molar-refractivity contribution in [2.24, 2.45) is 11.8 Å². The molecule has 1 aliphatic rings. The molecule has 2 unspecified atom stereocenters. The Morgan fingerprint density at radius 2 is 1.90 bits per heavy atom. The van der Waals surface area contributed by atoms with Crippen LogP contribution in [0.1, 0.15) is 64.5 Å². The Kier molecular flexibility index (Phi) is 5.59. The van der Waals surface area contributed by atoms with Gasteiger partial charge in [-0.25, -0.2) is 4.39 Å². The number of benzene rings is 1. The summed E-state index contributed by atoms with van der Waals surface area (Å²) in [5.74, 6) is 1.54. The maximum absolute atomic E-state index is 13.3. The summed E-state index contributed by atoms with van der Waals surface area (Å²) in [4.78, 5) is 0. The monoisotopic (exact) mass is 277 g/mol. The van der Waals surface area contributed by atoms with Crippen molar-refractivity contribution in [2.75, 3.05) is 0 Å². The molecule has 112 valence electrons. The summed E-state index contributed by atoms with van der Waals surface area (Å²) >= 11 is 0. The molecule has 0 amide bonds. The molecule has 3 atom stereocenters. The van der Waals surface area contributed by atoms with Gasteiger partial charge < -0.3 is 5.32 Å². The minimum atomic E-state index is -0.142. The van der Waals surface area contributed by atoms with Gasteiger partial charge in [0.25, 0.3) is 0 Å². The topological polar surface area (TPSA) is 12.0 Å². The summed E-state index contributed by atoms with van der Waals surface area (Å²) < 4.78 is 13.3. The Labute approximate surface area is 123 Å². The first-order chi connectivity index (χ1) is 9.56. The Balaban J connectivity index is 1.90. The number of rotatable bonds is 4. The lowest BCUT2D eigenvalue weighted by Crippen LogP contribution is -2.31. The lowest BCUT2D eigenvalue weighted by atomic mass is 9.89. The predicted octanol–water partition coefficient (Wildman–Crippen LogP) is 5.08. The van der Waals surface area contributed by atoms with Gasteiger partial charge in [0.15, 0.2) is 0 Å². The Morgan fingerprint density at radius 3 is 2.60 bits per heavy atom. The molecule has 1 aromatic carbocycles. The third-order valence-corrected chi connectivity index (χ3v) is 4.79. The van der Waals surface area contributed by atoms with Crippen molar-refractivity contribution >= 4 is 0 Å². The van der Waals surface area contributed by atoms with E-state index in [2.05, 4.69) is 26.1 Å². The van der Waals surface area contributed by atoms with Gasteiger partial charge in [-0.05, 0) is 55.7 Å². The van der Waals surface area contributed by atoms with Gasteiger partial charge in [0, 0.05) is 12.1 Å². The van der Waals surface area contributed by atoms with E-state index in [0.29, 0.717) is 6.04 Å². The lowest BCUT2D eigenvalue weighted by Gasteiger charge is -2.23. The van der Waals surface area contributed by atoms with Crippen molar-refractivity contribution in [1.29, 1.82) is 0 Å². The Hall–Kier alpha value is -0.890. The van der Waals surface area contributed by atoms with Gasteiger partial charge in [-0.1, -0.05) is 38.8 Å². The van der Waals surface area contributed by atoms with Crippen LogP contribution in [-0.4, -0.2) is 6.04 Å². The summed E-state index contributed by atoms with van der Waals surface area (Å²) in [5.41, 5.74) is 1.05. The van der Waals surface area contributed by atoms with E-state index >= 15 is 0 Å². The normalized spacial score (nSPS) is 25.4. The highest BCUT2D eigenvalue weighted by Crippen LogP contribution is 2.29. The average molecular weight is 277 g/mol. The van der Waals surface area contributed by atoms with E-state index < -0.39 is 0 Å². The zero-order valence-corrected chi connectivity index (χ0v) is 13.0. The van der Waals surface area contributed by atoms with E-state index in [1.165, 1.54) is 38.2 Å².